The number of hydrogen-bond acceptors (Lipinski definition) is 7. The van der Waals surface area contributed by atoms with Gasteiger partial charge in [-0.3, -0.25) is 9.59 Å². The van der Waals surface area contributed by atoms with Crippen LogP contribution >= 0.6 is 23.2 Å². The van der Waals surface area contributed by atoms with E-state index in [1.165, 1.54) is 29.1 Å². The fourth-order valence-electron chi connectivity index (χ4n) is 4.76. The quantitative estimate of drug-likeness (QED) is 0.205. The highest BCUT2D eigenvalue weighted by Gasteiger charge is 2.29. The lowest BCUT2D eigenvalue weighted by atomic mass is 10.0. The molecule has 4 aromatic rings. The minimum absolute atomic E-state index is 0.00328. The molecule has 3 heterocycles. The maximum absolute atomic E-state index is 13.3. The number of anilines is 1. The predicted octanol–water partition coefficient (Wildman–Crippen LogP) is 3.79. The number of carbonyl (C=O) groups is 2. The van der Waals surface area contributed by atoms with Gasteiger partial charge in [0.25, 0.3) is 11.8 Å². The van der Waals surface area contributed by atoms with Crippen LogP contribution in [0.5, 0.6) is 0 Å². The zero-order valence-corrected chi connectivity index (χ0v) is 24.8. The minimum atomic E-state index is -3.87. The second-order valence-corrected chi connectivity index (χ2v) is 12.6. The third-order valence-electron chi connectivity index (χ3n) is 6.89. The van der Waals surface area contributed by atoms with E-state index in [1.807, 2.05) is 0 Å². The molecule has 2 amide bonds. The highest BCUT2D eigenvalue weighted by molar-refractivity contribution is 7.90. The average molecular weight is 630 g/mol. The molecule has 4 N–H and O–H groups in total. The van der Waals surface area contributed by atoms with E-state index >= 15 is 0 Å². The van der Waals surface area contributed by atoms with Crippen molar-refractivity contribution < 1.29 is 23.1 Å². The number of nitrogens with zero attached hydrogens (tertiary/aromatic N) is 3. The van der Waals surface area contributed by atoms with E-state index in [0.29, 0.717) is 39.3 Å². The van der Waals surface area contributed by atoms with Crippen molar-refractivity contribution >= 4 is 62.2 Å². The number of amides is 2. The number of nitrogens with one attached hydrogen (secondary N) is 3. The molecule has 11 nitrogen and oxygen atoms in total. The van der Waals surface area contributed by atoms with Crippen LogP contribution in [0, 0.1) is 13.8 Å². The van der Waals surface area contributed by atoms with Gasteiger partial charge in [0.1, 0.15) is 0 Å². The van der Waals surface area contributed by atoms with Crippen LogP contribution in [0.1, 0.15) is 38.4 Å². The number of rotatable bonds is 9. The molecule has 1 atom stereocenters. The van der Waals surface area contributed by atoms with E-state index in [1.54, 1.807) is 44.3 Å². The molecule has 0 radical (unpaired) electrons. The Bertz CT molecular complexity index is 1810. The van der Waals surface area contributed by atoms with Crippen molar-refractivity contribution in [1.82, 2.24) is 25.3 Å². The molecule has 2 aromatic carbocycles. The summed E-state index contributed by atoms with van der Waals surface area (Å²) in [6, 6.07) is 9.17. The first kappa shape index (κ1) is 29.5. The standard InChI is InChI=1S/C28H26Cl2N6O5S/c1-15-25(33-16(2)26(15)28(39)31-12-17(37)13-36-9-8-32-35-36)11-20-19-10-18(6-7-24(19)34-27(20)38)42(40,41)14-21-22(29)4-3-5-23(21)30/h3-11,17,33,37H,12-14H2,1-2H3,(H,31,39)(H,34,38). The Hall–Kier alpha value is -3.97. The second-order valence-electron chi connectivity index (χ2n) is 9.83. The van der Waals surface area contributed by atoms with E-state index in [0.717, 1.165) is 0 Å². The first-order valence-corrected chi connectivity index (χ1v) is 15.2. The molecule has 0 bridgehead atoms. The van der Waals surface area contributed by atoms with Crippen LogP contribution in [0.25, 0.3) is 11.6 Å². The van der Waals surface area contributed by atoms with Crippen LogP contribution in [-0.2, 0) is 26.9 Å². The summed E-state index contributed by atoms with van der Waals surface area (Å²) in [4.78, 5) is 29.1. The zero-order valence-electron chi connectivity index (χ0n) is 22.5. The van der Waals surface area contributed by atoms with E-state index in [9.17, 15) is 23.1 Å². The van der Waals surface area contributed by atoms with Crippen LogP contribution in [0.3, 0.4) is 0 Å². The number of halogens is 2. The molecular formula is C28H26Cl2N6O5S. The third kappa shape index (κ3) is 5.97. The number of fused-ring (bicyclic) bond motifs is 1. The topological polar surface area (TPSA) is 159 Å². The number of hydrogen-bond donors (Lipinski definition) is 4. The van der Waals surface area contributed by atoms with Crippen LogP contribution < -0.4 is 10.6 Å². The SMILES string of the molecule is Cc1[nH]c(C=C2C(=O)Nc3ccc(S(=O)(=O)Cc4c(Cl)cccc4Cl)cc32)c(C)c1C(=O)NCC(O)Cn1ccnn1. The summed E-state index contributed by atoms with van der Waals surface area (Å²) < 4.78 is 28.1. The van der Waals surface area contributed by atoms with Gasteiger partial charge in [0, 0.05) is 51.0 Å². The van der Waals surface area contributed by atoms with Gasteiger partial charge in [0.05, 0.1) is 40.6 Å². The third-order valence-corrected chi connectivity index (χ3v) is 9.24. The monoisotopic (exact) mass is 628 g/mol. The molecule has 42 heavy (non-hydrogen) atoms. The molecule has 1 unspecified atom stereocenters. The molecule has 1 aliphatic heterocycles. The van der Waals surface area contributed by atoms with Gasteiger partial charge in [-0.1, -0.05) is 34.5 Å². The smallest absolute Gasteiger partial charge is 0.256 e. The van der Waals surface area contributed by atoms with Crippen molar-refractivity contribution in [2.24, 2.45) is 0 Å². The highest BCUT2D eigenvalue weighted by Crippen LogP contribution is 2.37. The molecule has 2 aromatic heterocycles. The van der Waals surface area contributed by atoms with Crippen molar-refractivity contribution in [1.29, 1.82) is 0 Å². The highest BCUT2D eigenvalue weighted by atomic mass is 35.5. The molecule has 0 fully saturated rings. The van der Waals surface area contributed by atoms with E-state index in [2.05, 4.69) is 25.9 Å². The van der Waals surface area contributed by atoms with Gasteiger partial charge in [-0.2, -0.15) is 0 Å². The second kappa shape index (κ2) is 11.7. The Morgan fingerprint density at radius 2 is 1.93 bits per heavy atom. The van der Waals surface area contributed by atoms with Crippen LogP contribution in [0.15, 0.2) is 53.7 Å². The van der Waals surface area contributed by atoms with Crippen LogP contribution in [-0.4, -0.2) is 58.0 Å². The minimum Gasteiger partial charge on any atom is -0.389 e. The Kier molecular flexibility index (Phi) is 8.24. The molecule has 14 heteroatoms. The summed E-state index contributed by atoms with van der Waals surface area (Å²) >= 11 is 12.4. The van der Waals surface area contributed by atoms with Gasteiger partial charge in [-0.25, -0.2) is 13.1 Å². The molecule has 218 valence electrons. The van der Waals surface area contributed by atoms with Crippen molar-refractivity contribution in [2.75, 3.05) is 11.9 Å². The van der Waals surface area contributed by atoms with Crippen molar-refractivity contribution in [3.8, 4) is 0 Å². The van der Waals surface area contributed by atoms with Gasteiger partial charge < -0.3 is 20.7 Å². The molecule has 1 aliphatic rings. The van der Waals surface area contributed by atoms with Crippen molar-refractivity contribution in [3.63, 3.8) is 0 Å². The summed E-state index contributed by atoms with van der Waals surface area (Å²) in [5.74, 6) is -1.22. The number of aliphatic hydroxyl groups excluding tert-OH is 1. The Morgan fingerprint density at radius 1 is 1.19 bits per heavy atom. The number of aryl methyl sites for hydroxylation is 1. The Balaban J connectivity index is 1.39. The maximum Gasteiger partial charge on any atom is 0.256 e. The number of aromatic nitrogens is 4. The van der Waals surface area contributed by atoms with E-state index in [-0.39, 0.29) is 33.6 Å². The average Bonchev–Trinajstić information content (AvgIpc) is 3.63. The Labute approximate surface area is 251 Å². The van der Waals surface area contributed by atoms with Crippen molar-refractivity contribution in [3.05, 3.63) is 92.5 Å². The summed E-state index contributed by atoms with van der Waals surface area (Å²) in [5, 5.41) is 23.7. The molecular weight excluding hydrogens is 603 g/mol. The molecule has 0 saturated carbocycles. The summed E-state index contributed by atoms with van der Waals surface area (Å²) in [7, 11) is -3.87. The first-order chi connectivity index (χ1) is 19.9. The Morgan fingerprint density at radius 3 is 2.62 bits per heavy atom. The molecule has 0 aliphatic carbocycles. The lowest BCUT2D eigenvalue weighted by Crippen LogP contribution is -2.35. The van der Waals surface area contributed by atoms with Crippen LogP contribution in [0.2, 0.25) is 10.0 Å². The number of carbonyl (C=O) groups excluding carboxylic acids is 2. The zero-order chi connectivity index (χ0) is 30.2. The number of aromatic amines is 1. The molecule has 0 saturated heterocycles. The van der Waals surface area contributed by atoms with Crippen LogP contribution in [0.4, 0.5) is 5.69 Å². The van der Waals surface area contributed by atoms with Gasteiger partial charge in [0.15, 0.2) is 9.84 Å². The largest absolute Gasteiger partial charge is 0.389 e. The number of sulfone groups is 1. The summed E-state index contributed by atoms with van der Waals surface area (Å²) in [6.45, 7) is 3.62. The predicted molar refractivity (Wildman–Crippen MR) is 159 cm³/mol. The van der Waals surface area contributed by atoms with E-state index in [4.69, 9.17) is 23.2 Å². The number of aliphatic hydroxyl groups is 1. The number of benzene rings is 2. The van der Waals surface area contributed by atoms with E-state index < -0.39 is 33.5 Å². The normalized spacial score (nSPS) is 14.6. The molecule has 5 rings (SSSR count). The fourth-order valence-corrected chi connectivity index (χ4v) is 6.88. The maximum atomic E-state index is 13.3. The van der Waals surface area contributed by atoms with Gasteiger partial charge in [0.2, 0.25) is 0 Å². The fraction of sp³-hybridized carbons (Fsp3) is 0.214. The van der Waals surface area contributed by atoms with Gasteiger partial charge in [-0.05, 0) is 55.8 Å². The molecule has 0 spiro atoms. The lowest BCUT2D eigenvalue weighted by molar-refractivity contribution is -0.110. The summed E-state index contributed by atoms with van der Waals surface area (Å²) in [5.41, 5.74) is 3.42. The first-order valence-electron chi connectivity index (χ1n) is 12.8. The van der Waals surface area contributed by atoms with Crippen molar-refractivity contribution in [2.45, 2.75) is 37.1 Å². The lowest BCUT2D eigenvalue weighted by Gasteiger charge is -2.12. The van der Waals surface area contributed by atoms with Gasteiger partial charge in [-0.15, -0.1) is 5.10 Å². The summed E-state index contributed by atoms with van der Waals surface area (Å²) in [6.07, 6.45) is 3.80. The van der Waals surface area contributed by atoms with Gasteiger partial charge >= 0.3 is 0 Å². The number of H-pyrrole nitrogens is 1.